The van der Waals surface area contributed by atoms with Crippen LogP contribution in [0.1, 0.15) is 31.2 Å². The highest BCUT2D eigenvalue weighted by atomic mass is 15.1. The number of likely N-dealkylation sites (N-methyl/N-ethyl adjacent to an activating group) is 1. The second-order valence-electron chi connectivity index (χ2n) is 5.21. The van der Waals surface area contributed by atoms with Crippen LogP contribution in [-0.2, 0) is 0 Å². The quantitative estimate of drug-likeness (QED) is 0.572. The van der Waals surface area contributed by atoms with E-state index in [4.69, 9.17) is 11.1 Å². The van der Waals surface area contributed by atoms with Gasteiger partial charge in [-0.05, 0) is 30.9 Å². The topological polar surface area (TPSA) is 53.1 Å². The first-order valence-electron chi connectivity index (χ1n) is 6.82. The van der Waals surface area contributed by atoms with E-state index in [0.29, 0.717) is 0 Å². The van der Waals surface area contributed by atoms with Crippen LogP contribution in [0.2, 0.25) is 0 Å². The van der Waals surface area contributed by atoms with Crippen molar-refractivity contribution in [3.63, 3.8) is 0 Å². The molecule has 1 fully saturated rings. The van der Waals surface area contributed by atoms with Crippen LogP contribution >= 0.6 is 0 Å². The number of nitrogens with one attached hydrogen (secondary N) is 1. The molecule has 0 aliphatic heterocycles. The molecule has 1 saturated carbocycles. The molecule has 1 unspecified atom stereocenters. The predicted octanol–water partition coefficient (Wildman–Crippen LogP) is 2.44. The van der Waals surface area contributed by atoms with Crippen molar-refractivity contribution in [2.75, 3.05) is 19.6 Å². The van der Waals surface area contributed by atoms with Crippen LogP contribution in [0.15, 0.2) is 30.3 Å². The van der Waals surface area contributed by atoms with Crippen LogP contribution < -0.4 is 5.73 Å². The molecule has 1 aromatic rings. The Balaban J connectivity index is 2.02. The summed E-state index contributed by atoms with van der Waals surface area (Å²) in [6, 6.07) is 10.2. The minimum atomic E-state index is 0.0323. The van der Waals surface area contributed by atoms with Gasteiger partial charge >= 0.3 is 0 Å². The Kier molecular flexibility index (Phi) is 4.37. The molecule has 18 heavy (non-hydrogen) atoms. The number of nitrogens with two attached hydrogens (primary N) is 1. The normalized spacial score (nSPS) is 16.8. The first kappa shape index (κ1) is 13.1. The SMILES string of the molecule is CCN(CC1CC1)CC(C(=N)N)c1ccccc1. The van der Waals surface area contributed by atoms with Crippen molar-refractivity contribution < 1.29 is 0 Å². The van der Waals surface area contributed by atoms with Gasteiger partial charge in [-0.2, -0.15) is 0 Å². The molecule has 3 nitrogen and oxygen atoms in total. The lowest BCUT2D eigenvalue weighted by molar-refractivity contribution is 0.273. The fourth-order valence-electron chi connectivity index (χ4n) is 2.33. The maximum Gasteiger partial charge on any atom is 0.0995 e. The van der Waals surface area contributed by atoms with Gasteiger partial charge in [-0.1, -0.05) is 37.3 Å². The van der Waals surface area contributed by atoms with E-state index in [1.165, 1.54) is 12.8 Å². The zero-order valence-electron chi connectivity index (χ0n) is 11.1. The third kappa shape index (κ3) is 3.57. The molecule has 0 bridgehead atoms. The molecule has 3 N–H and O–H groups in total. The summed E-state index contributed by atoms with van der Waals surface area (Å²) in [6.07, 6.45) is 2.74. The third-order valence-electron chi connectivity index (χ3n) is 3.68. The van der Waals surface area contributed by atoms with E-state index >= 15 is 0 Å². The predicted molar refractivity (Wildman–Crippen MR) is 75.9 cm³/mol. The van der Waals surface area contributed by atoms with Gasteiger partial charge in [0.2, 0.25) is 0 Å². The van der Waals surface area contributed by atoms with Gasteiger partial charge in [0, 0.05) is 13.1 Å². The van der Waals surface area contributed by atoms with Gasteiger partial charge in [0.05, 0.1) is 11.8 Å². The van der Waals surface area contributed by atoms with E-state index in [-0.39, 0.29) is 11.8 Å². The zero-order valence-corrected chi connectivity index (χ0v) is 11.1. The maximum atomic E-state index is 7.81. The van der Waals surface area contributed by atoms with Gasteiger partial charge in [-0.3, -0.25) is 5.41 Å². The number of nitrogens with zero attached hydrogens (tertiary/aromatic N) is 1. The molecule has 1 atom stereocenters. The van der Waals surface area contributed by atoms with Crippen LogP contribution in [0.3, 0.4) is 0 Å². The van der Waals surface area contributed by atoms with Crippen LogP contribution in [0, 0.1) is 11.3 Å². The van der Waals surface area contributed by atoms with Crippen LogP contribution in [0.5, 0.6) is 0 Å². The lowest BCUT2D eigenvalue weighted by atomic mass is 9.97. The minimum Gasteiger partial charge on any atom is -0.387 e. The second-order valence-corrected chi connectivity index (χ2v) is 5.21. The van der Waals surface area contributed by atoms with Crippen LogP contribution in [-0.4, -0.2) is 30.4 Å². The molecule has 0 radical (unpaired) electrons. The summed E-state index contributed by atoms with van der Waals surface area (Å²) in [6.45, 7) is 5.25. The first-order valence-corrected chi connectivity index (χ1v) is 6.82. The van der Waals surface area contributed by atoms with Crippen molar-refractivity contribution in [1.29, 1.82) is 5.41 Å². The van der Waals surface area contributed by atoms with Gasteiger partial charge < -0.3 is 10.6 Å². The molecule has 1 aliphatic rings. The average Bonchev–Trinajstić information content (AvgIpc) is 3.19. The number of benzene rings is 1. The minimum absolute atomic E-state index is 0.0323. The van der Waals surface area contributed by atoms with Crippen molar-refractivity contribution in [1.82, 2.24) is 4.90 Å². The summed E-state index contributed by atoms with van der Waals surface area (Å²) in [5, 5.41) is 7.81. The van der Waals surface area contributed by atoms with E-state index in [1.54, 1.807) is 0 Å². The Morgan fingerprint density at radius 3 is 2.56 bits per heavy atom. The fourth-order valence-corrected chi connectivity index (χ4v) is 2.33. The molecule has 98 valence electrons. The first-order chi connectivity index (χ1) is 8.70. The summed E-state index contributed by atoms with van der Waals surface area (Å²) >= 11 is 0. The molecule has 0 aromatic heterocycles. The van der Waals surface area contributed by atoms with Gasteiger partial charge in [-0.15, -0.1) is 0 Å². The Morgan fingerprint density at radius 2 is 2.06 bits per heavy atom. The number of rotatable bonds is 7. The average molecular weight is 245 g/mol. The summed E-state index contributed by atoms with van der Waals surface area (Å²) in [5.74, 6) is 1.19. The monoisotopic (exact) mass is 245 g/mol. The largest absolute Gasteiger partial charge is 0.387 e. The van der Waals surface area contributed by atoms with Gasteiger partial charge in [-0.25, -0.2) is 0 Å². The van der Waals surface area contributed by atoms with Crippen molar-refractivity contribution in [2.45, 2.75) is 25.7 Å². The number of hydrogen-bond donors (Lipinski definition) is 2. The highest BCUT2D eigenvalue weighted by Gasteiger charge is 2.26. The van der Waals surface area contributed by atoms with Crippen molar-refractivity contribution >= 4 is 5.84 Å². The number of amidine groups is 1. The Labute approximate surface area is 109 Å². The lowest BCUT2D eigenvalue weighted by Gasteiger charge is -2.26. The molecule has 2 rings (SSSR count). The summed E-state index contributed by atoms with van der Waals surface area (Å²) in [4.78, 5) is 2.43. The van der Waals surface area contributed by atoms with Gasteiger partial charge in [0.25, 0.3) is 0 Å². The third-order valence-corrected chi connectivity index (χ3v) is 3.68. The highest BCUT2D eigenvalue weighted by molar-refractivity contribution is 5.84. The smallest absolute Gasteiger partial charge is 0.0995 e. The van der Waals surface area contributed by atoms with E-state index in [1.807, 2.05) is 18.2 Å². The standard InChI is InChI=1S/C15H23N3/c1-2-18(10-12-8-9-12)11-14(15(16)17)13-6-4-3-5-7-13/h3-7,12,14H,2,8-11H2,1H3,(H3,16,17). The second kappa shape index (κ2) is 6.01. The van der Waals surface area contributed by atoms with Crippen LogP contribution in [0.4, 0.5) is 0 Å². The molecule has 1 aliphatic carbocycles. The molecular weight excluding hydrogens is 222 g/mol. The molecule has 3 heteroatoms. The van der Waals surface area contributed by atoms with E-state index in [0.717, 1.165) is 31.1 Å². The summed E-state index contributed by atoms with van der Waals surface area (Å²) in [7, 11) is 0. The summed E-state index contributed by atoms with van der Waals surface area (Å²) < 4.78 is 0. The zero-order chi connectivity index (χ0) is 13.0. The van der Waals surface area contributed by atoms with Crippen LogP contribution in [0.25, 0.3) is 0 Å². The van der Waals surface area contributed by atoms with E-state index in [2.05, 4.69) is 24.0 Å². The van der Waals surface area contributed by atoms with Gasteiger partial charge in [0.15, 0.2) is 0 Å². The lowest BCUT2D eigenvalue weighted by Crippen LogP contribution is -2.35. The highest BCUT2D eigenvalue weighted by Crippen LogP contribution is 2.30. The molecular formula is C15H23N3. The van der Waals surface area contributed by atoms with Crippen molar-refractivity contribution in [3.8, 4) is 0 Å². The Bertz CT molecular complexity index is 384. The molecule has 0 saturated heterocycles. The van der Waals surface area contributed by atoms with E-state index < -0.39 is 0 Å². The Hall–Kier alpha value is -1.35. The van der Waals surface area contributed by atoms with Crippen molar-refractivity contribution in [3.05, 3.63) is 35.9 Å². The molecule has 0 amide bonds. The van der Waals surface area contributed by atoms with Crippen molar-refractivity contribution in [2.24, 2.45) is 11.7 Å². The summed E-state index contributed by atoms with van der Waals surface area (Å²) in [5.41, 5.74) is 6.93. The molecule has 1 aromatic carbocycles. The number of hydrogen-bond acceptors (Lipinski definition) is 2. The maximum absolute atomic E-state index is 7.81. The Morgan fingerprint density at radius 1 is 1.39 bits per heavy atom. The molecule has 0 heterocycles. The van der Waals surface area contributed by atoms with E-state index in [9.17, 15) is 0 Å². The van der Waals surface area contributed by atoms with Gasteiger partial charge in [0.1, 0.15) is 0 Å². The fraction of sp³-hybridized carbons (Fsp3) is 0.533. The molecule has 0 spiro atoms.